The van der Waals surface area contributed by atoms with E-state index >= 15 is 0 Å². The third kappa shape index (κ3) is 7.17. The van der Waals surface area contributed by atoms with Crippen molar-refractivity contribution < 1.29 is 23.9 Å². The molecule has 1 rings (SSSR count). The van der Waals surface area contributed by atoms with Gasteiger partial charge in [0.2, 0.25) is 0 Å². The SMILES string of the molecule is COc1ccc(NC(=O)CONC(=O)OC(C)(C)C)cc1. The lowest BCUT2D eigenvalue weighted by atomic mass is 10.2. The van der Waals surface area contributed by atoms with Gasteiger partial charge in [-0.3, -0.25) is 9.63 Å². The van der Waals surface area contributed by atoms with Gasteiger partial charge in [-0.15, -0.1) is 0 Å². The van der Waals surface area contributed by atoms with Crippen molar-refractivity contribution in [1.29, 1.82) is 0 Å². The lowest BCUT2D eigenvalue weighted by Gasteiger charge is -2.19. The maximum atomic E-state index is 11.6. The number of ether oxygens (including phenoxy) is 2. The zero-order valence-corrected chi connectivity index (χ0v) is 12.6. The van der Waals surface area contributed by atoms with Crippen LogP contribution in [0.5, 0.6) is 5.75 Å². The Morgan fingerprint density at radius 2 is 1.76 bits per heavy atom. The highest BCUT2D eigenvalue weighted by atomic mass is 16.7. The van der Waals surface area contributed by atoms with Gasteiger partial charge in [-0.2, -0.15) is 5.48 Å². The molecule has 1 aromatic carbocycles. The molecular weight excluding hydrogens is 276 g/mol. The topological polar surface area (TPSA) is 85.9 Å². The fourth-order valence-electron chi connectivity index (χ4n) is 1.33. The summed E-state index contributed by atoms with van der Waals surface area (Å²) in [4.78, 5) is 27.6. The van der Waals surface area contributed by atoms with Crippen molar-refractivity contribution in [2.45, 2.75) is 26.4 Å². The molecule has 0 spiro atoms. The van der Waals surface area contributed by atoms with E-state index < -0.39 is 17.6 Å². The highest BCUT2D eigenvalue weighted by Crippen LogP contribution is 2.14. The molecule has 0 aliphatic carbocycles. The van der Waals surface area contributed by atoms with Crippen LogP contribution in [0, 0.1) is 0 Å². The van der Waals surface area contributed by atoms with Crippen molar-refractivity contribution in [3.05, 3.63) is 24.3 Å². The molecular formula is C14H20N2O5. The van der Waals surface area contributed by atoms with Gasteiger partial charge in [-0.25, -0.2) is 4.79 Å². The maximum absolute atomic E-state index is 11.6. The summed E-state index contributed by atoms with van der Waals surface area (Å²) in [7, 11) is 1.56. The minimum Gasteiger partial charge on any atom is -0.497 e. The fraction of sp³-hybridized carbons (Fsp3) is 0.429. The van der Waals surface area contributed by atoms with Gasteiger partial charge in [0.15, 0.2) is 6.61 Å². The summed E-state index contributed by atoms with van der Waals surface area (Å²) in [6.45, 7) is 4.85. The molecule has 0 radical (unpaired) electrons. The molecule has 0 saturated heterocycles. The van der Waals surface area contributed by atoms with E-state index in [-0.39, 0.29) is 6.61 Å². The van der Waals surface area contributed by atoms with E-state index in [0.29, 0.717) is 11.4 Å². The molecule has 0 atom stereocenters. The van der Waals surface area contributed by atoms with Crippen LogP contribution in [0.25, 0.3) is 0 Å². The summed E-state index contributed by atoms with van der Waals surface area (Å²) in [5.41, 5.74) is 2.00. The quantitative estimate of drug-likeness (QED) is 0.813. The highest BCUT2D eigenvalue weighted by Gasteiger charge is 2.16. The van der Waals surface area contributed by atoms with E-state index in [2.05, 4.69) is 5.32 Å². The number of hydroxylamine groups is 1. The lowest BCUT2D eigenvalue weighted by molar-refractivity contribution is -0.122. The first kappa shape index (κ1) is 16.8. The van der Waals surface area contributed by atoms with Gasteiger partial charge in [0.25, 0.3) is 5.91 Å². The number of rotatable bonds is 5. The van der Waals surface area contributed by atoms with Gasteiger partial charge in [0.05, 0.1) is 7.11 Å². The van der Waals surface area contributed by atoms with E-state index in [4.69, 9.17) is 14.3 Å². The Labute approximate surface area is 123 Å². The van der Waals surface area contributed by atoms with Gasteiger partial charge in [0.1, 0.15) is 11.4 Å². The zero-order valence-electron chi connectivity index (χ0n) is 12.6. The molecule has 0 unspecified atom stereocenters. The van der Waals surface area contributed by atoms with Crippen LogP contribution in [0.3, 0.4) is 0 Å². The Bertz CT molecular complexity index is 479. The minimum absolute atomic E-state index is 0.328. The molecule has 2 amide bonds. The number of nitrogens with one attached hydrogen (secondary N) is 2. The van der Waals surface area contributed by atoms with Crippen LogP contribution in [-0.2, 0) is 14.4 Å². The second-order valence-electron chi connectivity index (χ2n) is 5.17. The average Bonchev–Trinajstić information content (AvgIpc) is 2.37. The summed E-state index contributed by atoms with van der Waals surface area (Å²) in [5, 5.41) is 2.60. The molecule has 0 bridgehead atoms. The average molecular weight is 296 g/mol. The molecule has 7 nitrogen and oxygen atoms in total. The fourth-order valence-corrected chi connectivity index (χ4v) is 1.33. The van der Waals surface area contributed by atoms with Gasteiger partial charge < -0.3 is 14.8 Å². The summed E-state index contributed by atoms with van der Waals surface area (Å²) in [6, 6.07) is 6.82. The predicted octanol–water partition coefficient (Wildman–Crippen LogP) is 2.09. The van der Waals surface area contributed by atoms with Crippen LogP contribution in [0.1, 0.15) is 20.8 Å². The number of hydrogen-bond acceptors (Lipinski definition) is 5. The summed E-state index contributed by atoms with van der Waals surface area (Å²) in [6.07, 6.45) is -0.750. The predicted molar refractivity (Wildman–Crippen MR) is 76.9 cm³/mol. The molecule has 0 fully saturated rings. The molecule has 0 aromatic heterocycles. The third-order valence-electron chi connectivity index (χ3n) is 2.13. The van der Waals surface area contributed by atoms with Crippen LogP contribution in [0.4, 0.5) is 10.5 Å². The molecule has 7 heteroatoms. The number of carbonyl (C=O) groups excluding carboxylic acids is 2. The van der Waals surface area contributed by atoms with Crippen LogP contribution < -0.4 is 15.5 Å². The first-order valence-corrected chi connectivity index (χ1v) is 6.35. The summed E-state index contributed by atoms with van der Waals surface area (Å²) >= 11 is 0. The van der Waals surface area contributed by atoms with E-state index in [0.717, 1.165) is 0 Å². The van der Waals surface area contributed by atoms with Crippen LogP contribution in [0.15, 0.2) is 24.3 Å². The molecule has 2 N–H and O–H groups in total. The van der Waals surface area contributed by atoms with Gasteiger partial charge in [-0.1, -0.05) is 0 Å². The standard InChI is InChI=1S/C14H20N2O5/c1-14(2,3)21-13(18)16-20-9-12(17)15-10-5-7-11(19-4)8-6-10/h5-8H,9H2,1-4H3,(H,15,17)(H,16,18). The molecule has 1 aromatic rings. The van der Waals surface area contributed by atoms with Gasteiger partial charge in [0, 0.05) is 5.69 Å². The number of benzene rings is 1. The third-order valence-corrected chi connectivity index (χ3v) is 2.13. The van der Waals surface area contributed by atoms with E-state index in [1.165, 1.54) is 0 Å². The Morgan fingerprint density at radius 1 is 1.14 bits per heavy atom. The smallest absolute Gasteiger partial charge is 0.431 e. The molecule has 0 aliphatic rings. The van der Waals surface area contributed by atoms with Crippen LogP contribution >= 0.6 is 0 Å². The minimum atomic E-state index is -0.750. The van der Waals surface area contributed by atoms with E-state index in [1.807, 2.05) is 5.48 Å². The highest BCUT2D eigenvalue weighted by molar-refractivity contribution is 5.91. The zero-order chi connectivity index (χ0) is 15.9. The molecule has 0 saturated carbocycles. The second kappa shape index (κ2) is 7.49. The van der Waals surface area contributed by atoms with Crippen molar-refractivity contribution in [3.63, 3.8) is 0 Å². The monoisotopic (exact) mass is 296 g/mol. The number of anilines is 1. The summed E-state index contributed by atoms with van der Waals surface area (Å²) < 4.78 is 9.95. The molecule has 0 heterocycles. The normalized spacial score (nSPS) is 10.7. The Morgan fingerprint density at radius 3 is 2.29 bits per heavy atom. The first-order valence-electron chi connectivity index (χ1n) is 6.35. The Balaban J connectivity index is 2.29. The van der Waals surface area contributed by atoms with Crippen LogP contribution in [0.2, 0.25) is 0 Å². The largest absolute Gasteiger partial charge is 0.497 e. The van der Waals surface area contributed by atoms with Crippen molar-refractivity contribution in [3.8, 4) is 5.75 Å². The van der Waals surface area contributed by atoms with Gasteiger partial charge in [-0.05, 0) is 45.0 Å². The molecule has 116 valence electrons. The second-order valence-corrected chi connectivity index (χ2v) is 5.17. The molecule has 21 heavy (non-hydrogen) atoms. The summed E-state index contributed by atoms with van der Waals surface area (Å²) in [5.74, 6) is 0.284. The van der Waals surface area contributed by atoms with E-state index in [1.54, 1.807) is 52.1 Å². The lowest BCUT2D eigenvalue weighted by Crippen LogP contribution is -2.34. The first-order chi connectivity index (χ1) is 9.80. The number of methoxy groups -OCH3 is 1. The van der Waals surface area contributed by atoms with E-state index in [9.17, 15) is 9.59 Å². The number of amides is 2. The van der Waals surface area contributed by atoms with Crippen molar-refractivity contribution in [1.82, 2.24) is 5.48 Å². The van der Waals surface area contributed by atoms with Gasteiger partial charge >= 0.3 is 6.09 Å². The Kier molecular flexibility index (Phi) is 5.98. The number of carbonyl (C=O) groups is 2. The van der Waals surface area contributed by atoms with Crippen LogP contribution in [-0.4, -0.2) is 31.3 Å². The Hall–Kier alpha value is -2.28. The number of hydrogen-bond donors (Lipinski definition) is 2. The van der Waals surface area contributed by atoms with Crippen molar-refractivity contribution in [2.75, 3.05) is 19.0 Å². The molecule has 0 aliphatic heterocycles. The maximum Gasteiger partial charge on any atom is 0.431 e. The van der Waals surface area contributed by atoms with Crippen molar-refractivity contribution in [2.24, 2.45) is 0 Å². The van der Waals surface area contributed by atoms with Crippen molar-refractivity contribution >= 4 is 17.7 Å².